The molecule has 0 bridgehead atoms. The van der Waals surface area contributed by atoms with Gasteiger partial charge in [0.15, 0.2) is 0 Å². The second-order valence-corrected chi connectivity index (χ2v) is 9.92. The predicted molar refractivity (Wildman–Crippen MR) is 126 cm³/mol. The summed E-state index contributed by atoms with van der Waals surface area (Å²) < 4.78 is 0. The lowest BCUT2D eigenvalue weighted by atomic mass is 9.87. The van der Waals surface area contributed by atoms with Gasteiger partial charge >= 0.3 is 0 Å². The highest BCUT2D eigenvalue weighted by molar-refractivity contribution is 7.11. The number of rotatable bonds is 3. The number of carbonyl (C=O) groups excluding carboxylic acids is 2. The molecule has 0 aliphatic carbocycles. The van der Waals surface area contributed by atoms with Crippen molar-refractivity contribution in [2.45, 2.75) is 32.6 Å². The molecule has 0 spiro atoms. The smallest absolute Gasteiger partial charge is 0.282 e. The van der Waals surface area contributed by atoms with E-state index in [9.17, 15) is 9.59 Å². The van der Waals surface area contributed by atoms with Crippen molar-refractivity contribution in [3.8, 4) is 0 Å². The van der Waals surface area contributed by atoms with Crippen molar-refractivity contribution in [2.24, 2.45) is 0 Å². The van der Waals surface area contributed by atoms with Gasteiger partial charge in [0.25, 0.3) is 11.8 Å². The average Bonchev–Trinajstić information content (AvgIpc) is 3.46. The third-order valence-corrected chi connectivity index (χ3v) is 6.86. The predicted octanol–water partition coefficient (Wildman–Crippen LogP) is 5.39. The van der Waals surface area contributed by atoms with E-state index in [-0.39, 0.29) is 17.2 Å². The highest BCUT2D eigenvalue weighted by Crippen LogP contribution is 2.41. The topological polar surface area (TPSA) is 40.6 Å². The SMILES string of the molecule is CC(C)(C)c1ccc(N2C(=O)C(c3cccs3)=C(N3CCc4ccccc43)C2=O)cc1. The van der Waals surface area contributed by atoms with Gasteiger partial charge in [-0.25, -0.2) is 4.90 Å². The van der Waals surface area contributed by atoms with Crippen LogP contribution in [0.15, 0.2) is 71.7 Å². The van der Waals surface area contributed by atoms with Crippen LogP contribution in [0.1, 0.15) is 36.8 Å². The highest BCUT2D eigenvalue weighted by Gasteiger charge is 2.44. The van der Waals surface area contributed by atoms with Gasteiger partial charge in [0.05, 0.1) is 11.3 Å². The summed E-state index contributed by atoms with van der Waals surface area (Å²) in [6, 6.07) is 19.7. The first-order valence-electron chi connectivity index (χ1n) is 10.5. The van der Waals surface area contributed by atoms with Crippen LogP contribution in [0.5, 0.6) is 0 Å². The Balaban J connectivity index is 1.61. The van der Waals surface area contributed by atoms with Crippen molar-refractivity contribution in [1.82, 2.24) is 0 Å². The van der Waals surface area contributed by atoms with Crippen molar-refractivity contribution in [1.29, 1.82) is 0 Å². The fourth-order valence-electron chi connectivity index (χ4n) is 4.33. The largest absolute Gasteiger partial charge is 0.336 e. The molecule has 0 fully saturated rings. The molecule has 31 heavy (non-hydrogen) atoms. The molecule has 5 rings (SSSR count). The normalized spacial score (nSPS) is 16.5. The molecule has 2 amide bonds. The van der Waals surface area contributed by atoms with E-state index in [1.54, 1.807) is 0 Å². The van der Waals surface area contributed by atoms with Gasteiger partial charge in [-0.15, -0.1) is 11.3 Å². The van der Waals surface area contributed by atoms with Crippen LogP contribution in [-0.4, -0.2) is 18.4 Å². The number of imide groups is 1. The van der Waals surface area contributed by atoms with Crippen LogP contribution in [0.3, 0.4) is 0 Å². The molecule has 1 aromatic heterocycles. The monoisotopic (exact) mass is 428 g/mol. The molecule has 2 aliphatic rings. The quantitative estimate of drug-likeness (QED) is 0.525. The van der Waals surface area contributed by atoms with E-state index in [2.05, 4.69) is 26.8 Å². The van der Waals surface area contributed by atoms with Crippen LogP contribution >= 0.6 is 11.3 Å². The first kappa shape index (κ1) is 19.8. The fourth-order valence-corrected chi connectivity index (χ4v) is 5.09. The lowest BCUT2D eigenvalue weighted by Gasteiger charge is -2.23. The second kappa shape index (κ2) is 7.20. The number of hydrogen-bond donors (Lipinski definition) is 0. The van der Waals surface area contributed by atoms with Gasteiger partial charge in [0.1, 0.15) is 5.70 Å². The Morgan fingerprint density at radius 1 is 0.871 bits per heavy atom. The minimum absolute atomic E-state index is 0.00234. The molecule has 0 N–H and O–H groups in total. The van der Waals surface area contributed by atoms with Crippen molar-refractivity contribution < 1.29 is 9.59 Å². The standard InChI is InChI=1S/C26H24N2O2S/c1-26(2,3)18-10-12-19(13-11-18)28-24(29)22(21-9-6-16-31-21)23(25(28)30)27-15-14-17-7-4-5-8-20(17)27/h4-13,16H,14-15H2,1-3H3. The summed E-state index contributed by atoms with van der Waals surface area (Å²) in [7, 11) is 0. The third-order valence-electron chi connectivity index (χ3n) is 5.98. The van der Waals surface area contributed by atoms with Crippen molar-refractivity contribution in [2.75, 3.05) is 16.3 Å². The molecule has 0 saturated carbocycles. The van der Waals surface area contributed by atoms with E-state index < -0.39 is 0 Å². The molecule has 5 heteroatoms. The van der Waals surface area contributed by atoms with E-state index in [1.807, 2.05) is 64.9 Å². The molecular weight excluding hydrogens is 404 g/mol. The summed E-state index contributed by atoms with van der Waals surface area (Å²) in [4.78, 5) is 31.5. The average molecular weight is 429 g/mol. The minimum atomic E-state index is -0.256. The Hall–Kier alpha value is -3.18. The lowest BCUT2D eigenvalue weighted by molar-refractivity contribution is -0.120. The number of thiophene rings is 1. The number of anilines is 2. The molecule has 3 aromatic rings. The number of nitrogens with zero attached hydrogens (tertiary/aromatic N) is 2. The van der Waals surface area contributed by atoms with Gasteiger partial charge in [-0.05, 0) is 52.6 Å². The summed E-state index contributed by atoms with van der Waals surface area (Å²) in [6.07, 6.45) is 0.860. The number of hydrogen-bond acceptors (Lipinski definition) is 4. The van der Waals surface area contributed by atoms with Crippen molar-refractivity contribution in [3.63, 3.8) is 0 Å². The van der Waals surface area contributed by atoms with E-state index in [1.165, 1.54) is 21.8 Å². The van der Waals surface area contributed by atoms with Crippen LogP contribution in [-0.2, 0) is 21.4 Å². The molecule has 0 atom stereocenters. The highest BCUT2D eigenvalue weighted by atomic mass is 32.1. The van der Waals surface area contributed by atoms with E-state index in [4.69, 9.17) is 0 Å². The molecular formula is C26H24N2O2S. The maximum absolute atomic E-state index is 13.7. The van der Waals surface area contributed by atoms with Gasteiger partial charge < -0.3 is 4.90 Å². The van der Waals surface area contributed by atoms with Gasteiger partial charge in [0.2, 0.25) is 0 Å². The van der Waals surface area contributed by atoms with Gasteiger partial charge in [-0.2, -0.15) is 0 Å². The van der Waals surface area contributed by atoms with Gasteiger partial charge in [0, 0.05) is 17.1 Å². The molecule has 0 unspecified atom stereocenters. The summed E-state index contributed by atoms with van der Waals surface area (Å²) in [5.41, 5.74) is 4.97. The summed E-state index contributed by atoms with van der Waals surface area (Å²) in [5, 5.41) is 1.94. The van der Waals surface area contributed by atoms with Crippen LogP contribution in [0.2, 0.25) is 0 Å². The number of amides is 2. The number of carbonyl (C=O) groups is 2. The lowest BCUT2D eigenvalue weighted by Crippen LogP contribution is -2.34. The van der Waals surface area contributed by atoms with Crippen molar-refractivity contribution >= 4 is 40.1 Å². The first-order chi connectivity index (χ1) is 14.9. The zero-order valence-electron chi connectivity index (χ0n) is 17.9. The Morgan fingerprint density at radius 2 is 1.61 bits per heavy atom. The third kappa shape index (κ3) is 3.20. The first-order valence-corrected chi connectivity index (χ1v) is 11.4. The summed E-state index contributed by atoms with van der Waals surface area (Å²) in [5.74, 6) is -0.510. The van der Waals surface area contributed by atoms with Crippen molar-refractivity contribution in [3.05, 3.63) is 87.7 Å². The van der Waals surface area contributed by atoms with E-state index in [0.29, 0.717) is 23.5 Å². The number of para-hydroxylation sites is 1. The maximum atomic E-state index is 13.7. The number of benzene rings is 2. The summed E-state index contributed by atoms with van der Waals surface area (Å²) in [6.45, 7) is 7.13. The fraction of sp³-hybridized carbons (Fsp3) is 0.231. The van der Waals surface area contributed by atoms with Crippen LogP contribution in [0.4, 0.5) is 11.4 Å². The van der Waals surface area contributed by atoms with E-state index in [0.717, 1.165) is 22.5 Å². The van der Waals surface area contributed by atoms with E-state index >= 15 is 0 Å². The Morgan fingerprint density at radius 3 is 2.29 bits per heavy atom. The van der Waals surface area contributed by atoms with Crippen LogP contribution in [0.25, 0.3) is 5.57 Å². The Bertz CT molecular complexity index is 1200. The molecule has 4 nitrogen and oxygen atoms in total. The van der Waals surface area contributed by atoms with Gasteiger partial charge in [-0.1, -0.05) is 57.2 Å². The van der Waals surface area contributed by atoms with Crippen LogP contribution < -0.4 is 9.80 Å². The van der Waals surface area contributed by atoms with Gasteiger partial charge in [-0.3, -0.25) is 9.59 Å². The molecule has 2 aliphatic heterocycles. The zero-order valence-corrected chi connectivity index (χ0v) is 18.7. The molecule has 156 valence electrons. The number of fused-ring (bicyclic) bond motifs is 1. The molecule has 3 heterocycles. The molecule has 0 saturated heterocycles. The minimum Gasteiger partial charge on any atom is -0.336 e. The summed E-state index contributed by atoms with van der Waals surface area (Å²) >= 11 is 1.49. The zero-order chi connectivity index (χ0) is 21.8. The Kier molecular flexibility index (Phi) is 4.59. The van der Waals surface area contributed by atoms with Crippen LogP contribution in [0, 0.1) is 0 Å². The molecule has 0 radical (unpaired) electrons. The maximum Gasteiger partial charge on any atom is 0.282 e. The second-order valence-electron chi connectivity index (χ2n) is 8.97. The molecule has 2 aromatic carbocycles. The Labute approximate surface area is 186 Å².